The Morgan fingerprint density at radius 2 is 1.72 bits per heavy atom. The molecule has 0 aromatic heterocycles. The predicted molar refractivity (Wildman–Crippen MR) is 170 cm³/mol. The molecular formula is C34H31BrN2O6. The Hall–Kier alpha value is -4.63. The number of amides is 4. The second kappa shape index (κ2) is 13.1. The molecule has 0 bridgehead atoms. The normalized spacial score (nSPS) is 14.3. The molecule has 0 radical (unpaired) electrons. The van der Waals surface area contributed by atoms with Crippen molar-refractivity contribution in [1.29, 1.82) is 0 Å². The average Bonchev–Trinajstić information content (AvgIpc) is 3.00. The highest BCUT2D eigenvalue weighted by Crippen LogP contribution is 2.39. The summed E-state index contributed by atoms with van der Waals surface area (Å²) in [5.41, 5.74) is 2.79. The number of aryl methyl sites for hydroxylation is 1. The zero-order valence-electron chi connectivity index (χ0n) is 24.1. The summed E-state index contributed by atoms with van der Waals surface area (Å²) in [7, 11) is 1.52. The van der Waals surface area contributed by atoms with E-state index < -0.39 is 17.8 Å². The summed E-state index contributed by atoms with van der Waals surface area (Å²) < 4.78 is 18.1. The minimum Gasteiger partial charge on any atom is -0.494 e. The van der Waals surface area contributed by atoms with Gasteiger partial charge < -0.3 is 14.2 Å². The number of rotatable bonds is 10. The second-order valence-electron chi connectivity index (χ2n) is 10.1. The number of hydrogen-bond acceptors (Lipinski definition) is 6. The van der Waals surface area contributed by atoms with Crippen LogP contribution in [-0.2, 0) is 16.2 Å². The van der Waals surface area contributed by atoms with Gasteiger partial charge in [-0.15, -0.1) is 0 Å². The molecule has 1 fully saturated rings. The number of imide groups is 2. The van der Waals surface area contributed by atoms with Crippen LogP contribution >= 0.6 is 15.9 Å². The fraction of sp³-hybridized carbons (Fsp3) is 0.206. The topological polar surface area (TPSA) is 94.2 Å². The molecule has 4 aromatic carbocycles. The number of barbiturate groups is 1. The lowest BCUT2D eigenvalue weighted by Crippen LogP contribution is -2.54. The van der Waals surface area contributed by atoms with Crippen molar-refractivity contribution in [2.45, 2.75) is 33.3 Å². The Kier molecular flexibility index (Phi) is 9.11. The van der Waals surface area contributed by atoms with Crippen molar-refractivity contribution in [1.82, 2.24) is 5.32 Å². The van der Waals surface area contributed by atoms with Gasteiger partial charge in [0.05, 0.1) is 23.9 Å². The smallest absolute Gasteiger partial charge is 0.335 e. The fourth-order valence-corrected chi connectivity index (χ4v) is 5.40. The summed E-state index contributed by atoms with van der Waals surface area (Å²) in [5.74, 6) is -0.00419. The molecule has 4 aromatic rings. The third-order valence-corrected chi connectivity index (χ3v) is 7.75. The monoisotopic (exact) mass is 642 g/mol. The minimum absolute atomic E-state index is 0.197. The van der Waals surface area contributed by atoms with Crippen LogP contribution in [0, 0.1) is 6.92 Å². The first-order valence-electron chi connectivity index (χ1n) is 13.9. The molecule has 8 nitrogen and oxygen atoms in total. The van der Waals surface area contributed by atoms with E-state index in [2.05, 4.69) is 52.4 Å². The van der Waals surface area contributed by atoms with Gasteiger partial charge in [0, 0.05) is 5.56 Å². The van der Waals surface area contributed by atoms with E-state index in [9.17, 15) is 14.4 Å². The molecule has 0 aliphatic carbocycles. The van der Waals surface area contributed by atoms with Gasteiger partial charge in [-0.05, 0) is 93.6 Å². The zero-order valence-corrected chi connectivity index (χ0v) is 25.7. The van der Waals surface area contributed by atoms with Gasteiger partial charge in [-0.2, -0.15) is 0 Å². The molecule has 0 unspecified atom stereocenters. The molecule has 4 amide bonds. The van der Waals surface area contributed by atoms with E-state index in [1.54, 1.807) is 36.4 Å². The van der Waals surface area contributed by atoms with Gasteiger partial charge in [0.2, 0.25) is 0 Å². The summed E-state index contributed by atoms with van der Waals surface area (Å²) in [4.78, 5) is 39.8. The van der Waals surface area contributed by atoms with Crippen LogP contribution in [0.25, 0.3) is 16.8 Å². The standard InChI is InChI=1S/C34H31BrN2O6/c1-4-5-16-42-25-14-12-24(13-15-25)37-33(39)27(32(38)36-34(37)40)17-22-18-29(35)31(30(19-22)41-3)43-20-28-21(2)10-11-23-8-6-7-9-26(23)28/h6-15,17-19H,4-5,16,20H2,1-3H3,(H,36,38,40)/b27-17-. The van der Waals surface area contributed by atoms with E-state index in [1.165, 1.54) is 13.2 Å². The van der Waals surface area contributed by atoms with Crippen molar-refractivity contribution in [3.63, 3.8) is 0 Å². The van der Waals surface area contributed by atoms with Crippen LogP contribution in [0.5, 0.6) is 17.2 Å². The number of anilines is 1. The maximum Gasteiger partial charge on any atom is 0.335 e. The third kappa shape index (κ3) is 6.41. The van der Waals surface area contributed by atoms with Crippen molar-refractivity contribution in [2.24, 2.45) is 0 Å². The summed E-state index contributed by atoms with van der Waals surface area (Å²) >= 11 is 3.57. The van der Waals surface area contributed by atoms with E-state index >= 15 is 0 Å². The van der Waals surface area contributed by atoms with E-state index in [4.69, 9.17) is 14.2 Å². The number of benzene rings is 4. The van der Waals surface area contributed by atoms with Gasteiger partial charge in [-0.3, -0.25) is 14.9 Å². The number of carbonyl (C=O) groups excluding carboxylic acids is 3. The van der Waals surface area contributed by atoms with Crippen LogP contribution in [0.1, 0.15) is 36.5 Å². The molecule has 5 rings (SSSR count). The summed E-state index contributed by atoms with van der Waals surface area (Å²) in [5, 5.41) is 4.49. The lowest BCUT2D eigenvalue weighted by atomic mass is 10.0. The van der Waals surface area contributed by atoms with Crippen LogP contribution in [0.2, 0.25) is 0 Å². The number of nitrogens with zero attached hydrogens (tertiary/aromatic N) is 1. The van der Waals surface area contributed by atoms with Gasteiger partial charge in [-0.1, -0.05) is 49.7 Å². The Balaban J connectivity index is 1.40. The van der Waals surface area contributed by atoms with Gasteiger partial charge in [0.15, 0.2) is 11.5 Å². The molecule has 1 saturated heterocycles. The van der Waals surface area contributed by atoms with Crippen LogP contribution in [0.15, 0.2) is 82.8 Å². The molecule has 0 saturated carbocycles. The number of unbranched alkanes of at least 4 members (excludes halogenated alkanes) is 1. The Morgan fingerprint density at radius 3 is 2.47 bits per heavy atom. The highest BCUT2D eigenvalue weighted by molar-refractivity contribution is 9.10. The lowest BCUT2D eigenvalue weighted by molar-refractivity contribution is -0.122. The van der Waals surface area contributed by atoms with Crippen molar-refractivity contribution in [2.75, 3.05) is 18.6 Å². The van der Waals surface area contributed by atoms with Crippen LogP contribution < -0.4 is 24.4 Å². The highest BCUT2D eigenvalue weighted by atomic mass is 79.9. The highest BCUT2D eigenvalue weighted by Gasteiger charge is 2.37. The Bertz CT molecular complexity index is 1730. The largest absolute Gasteiger partial charge is 0.494 e. The minimum atomic E-state index is -0.821. The maximum atomic E-state index is 13.4. The van der Waals surface area contributed by atoms with E-state index in [0.29, 0.717) is 46.2 Å². The van der Waals surface area contributed by atoms with Crippen molar-refractivity contribution in [3.8, 4) is 17.2 Å². The first-order valence-corrected chi connectivity index (χ1v) is 14.7. The van der Waals surface area contributed by atoms with Crippen molar-refractivity contribution < 1.29 is 28.6 Å². The molecule has 220 valence electrons. The molecule has 1 aliphatic rings. The number of hydrogen-bond donors (Lipinski definition) is 1. The van der Waals surface area contributed by atoms with Gasteiger partial charge in [0.1, 0.15) is 17.9 Å². The van der Waals surface area contributed by atoms with E-state index in [1.807, 2.05) is 19.1 Å². The average molecular weight is 644 g/mol. The lowest BCUT2D eigenvalue weighted by Gasteiger charge is -2.26. The maximum absolute atomic E-state index is 13.4. The number of halogens is 1. The first kappa shape index (κ1) is 29.8. The van der Waals surface area contributed by atoms with Crippen molar-refractivity contribution in [3.05, 3.63) is 99.5 Å². The van der Waals surface area contributed by atoms with Crippen LogP contribution in [-0.4, -0.2) is 31.6 Å². The molecule has 0 spiro atoms. The molecule has 43 heavy (non-hydrogen) atoms. The number of fused-ring (bicyclic) bond motifs is 1. The zero-order chi connectivity index (χ0) is 30.5. The SMILES string of the molecule is CCCCOc1ccc(N2C(=O)NC(=O)/C(=C/c3cc(Br)c(OCc4c(C)ccc5ccccc45)c(OC)c3)C2=O)cc1. The van der Waals surface area contributed by atoms with Gasteiger partial charge >= 0.3 is 6.03 Å². The van der Waals surface area contributed by atoms with E-state index in [0.717, 1.165) is 39.6 Å². The quantitative estimate of drug-likeness (QED) is 0.110. The molecular weight excluding hydrogens is 612 g/mol. The van der Waals surface area contributed by atoms with Crippen molar-refractivity contribution >= 4 is 56.3 Å². The van der Waals surface area contributed by atoms with Gasteiger partial charge in [0.25, 0.3) is 11.8 Å². The molecule has 9 heteroatoms. The number of urea groups is 1. The number of methoxy groups -OCH3 is 1. The fourth-order valence-electron chi connectivity index (χ4n) is 4.83. The second-order valence-corrected chi connectivity index (χ2v) is 10.9. The molecule has 1 N–H and O–H groups in total. The molecule has 1 aliphatic heterocycles. The molecule has 0 atom stereocenters. The van der Waals surface area contributed by atoms with Gasteiger partial charge in [-0.25, -0.2) is 9.69 Å². The molecule has 1 heterocycles. The summed E-state index contributed by atoms with van der Waals surface area (Å²) in [6, 6.07) is 21.5. The predicted octanol–water partition coefficient (Wildman–Crippen LogP) is 7.34. The Morgan fingerprint density at radius 1 is 0.953 bits per heavy atom. The Labute approximate surface area is 258 Å². The number of nitrogens with one attached hydrogen (secondary N) is 1. The number of carbonyl (C=O) groups is 3. The number of ether oxygens (including phenoxy) is 3. The van der Waals surface area contributed by atoms with Crippen LogP contribution in [0.4, 0.5) is 10.5 Å². The summed E-state index contributed by atoms with van der Waals surface area (Å²) in [6.07, 6.45) is 3.35. The first-order chi connectivity index (χ1) is 20.8. The van der Waals surface area contributed by atoms with Crippen LogP contribution in [0.3, 0.4) is 0 Å². The summed E-state index contributed by atoms with van der Waals surface area (Å²) in [6.45, 7) is 5.00. The van der Waals surface area contributed by atoms with E-state index in [-0.39, 0.29) is 5.57 Å². The third-order valence-electron chi connectivity index (χ3n) is 7.16.